The van der Waals surface area contributed by atoms with E-state index in [1.165, 1.54) is 37.9 Å². The fourth-order valence-corrected chi connectivity index (χ4v) is 2.78. The molecule has 0 amide bonds. The molecule has 1 heterocycles. The molecule has 1 saturated heterocycles. The van der Waals surface area contributed by atoms with E-state index in [9.17, 15) is 0 Å². The van der Waals surface area contributed by atoms with E-state index < -0.39 is 0 Å². The van der Waals surface area contributed by atoms with Crippen LogP contribution in [-0.4, -0.2) is 28.9 Å². The van der Waals surface area contributed by atoms with Crippen molar-refractivity contribution in [1.29, 1.82) is 0 Å². The van der Waals surface area contributed by atoms with Crippen LogP contribution < -0.4 is 0 Å². The summed E-state index contributed by atoms with van der Waals surface area (Å²) in [6, 6.07) is 0.613. The number of rotatable bonds is 2. The lowest BCUT2D eigenvalue weighted by Crippen LogP contribution is -2.38. The van der Waals surface area contributed by atoms with Crippen molar-refractivity contribution in [3.05, 3.63) is 23.8 Å². The second kappa shape index (κ2) is 5.31. The zero-order valence-corrected chi connectivity index (χ0v) is 11.0. The molecule has 1 unspecified atom stereocenters. The number of likely N-dealkylation sites (tertiary alicyclic amines) is 1. The number of allylic oxidation sites excluding steroid dienone is 2. The molecular formula is C13H20BrN. The van der Waals surface area contributed by atoms with Crippen molar-refractivity contribution in [3.8, 4) is 0 Å². The molecule has 0 aromatic carbocycles. The molecule has 0 aromatic heterocycles. The summed E-state index contributed by atoms with van der Waals surface area (Å²) < 4.78 is 0. The highest BCUT2D eigenvalue weighted by atomic mass is 79.9. The highest BCUT2D eigenvalue weighted by Gasteiger charge is 2.19. The van der Waals surface area contributed by atoms with Crippen LogP contribution in [0.2, 0.25) is 0 Å². The molecule has 0 spiro atoms. The molecule has 0 saturated carbocycles. The monoisotopic (exact) mass is 269 g/mol. The Hall–Kier alpha value is -0.0800. The lowest BCUT2D eigenvalue weighted by Gasteiger charge is -2.33. The third kappa shape index (κ3) is 2.94. The van der Waals surface area contributed by atoms with Gasteiger partial charge >= 0.3 is 0 Å². The molecular weight excluding hydrogens is 250 g/mol. The van der Waals surface area contributed by atoms with Crippen LogP contribution in [0.5, 0.6) is 0 Å². The molecule has 0 aromatic rings. The first-order chi connectivity index (χ1) is 7.27. The third-order valence-electron chi connectivity index (χ3n) is 3.50. The zero-order chi connectivity index (χ0) is 10.7. The van der Waals surface area contributed by atoms with Crippen molar-refractivity contribution < 1.29 is 0 Å². The van der Waals surface area contributed by atoms with Gasteiger partial charge in [0.05, 0.1) is 0 Å². The highest BCUT2D eigenvalue weighted by molar-refractivity contribution is 9.09. The van der Waals surface area contributed by atoms with E-state index in [0.717, 1.165) is 6.42 Å². The first-order valence-electron chi connectivity index (χ1n) is 6.04. The Morgan fingerprint density at radius 3 is 2.67 bits per heavy atom. The van der Waals surface area contributed by atoms with Crippen molar-refractivity contribution in [2.24, 2.45) is 0 Å². The maximum Gasteiger partial charge on any atom is 0.0363 e. The van der Waals surface area contributed by atoms with Gasteiger partial charge in [-0.25, -0.2) is 0 Å². The van der Waals surface area contributed by atoms with Gasteiger partial charge in [0, 0.05) is 10.9 Å². The topological polar surface area (TPSA) is 3.24 Å². The van der Waals surface area contributed by atoms with Gasteiger partial charge in [0.15, 0.2) is 0 Å². The second-order valence-corrected chi connectivity index (χ2v) is 5.76. The molecule has 1 nitrogen and oxygen atoms in total. The van der Waals surface area contributed by atoms with E-state index in [4.69, 9.17) is 0 Å². The van der Waals surface area contributed by atoms with Gasteiger partial charge in [-0.15, -0.1) is 0 Å². The Kier molecular flexibility index (Phi) is 4.04. The molecule has 2 rings (SSSR count). The van der Waals surface area contributed by atoms with Crippen molar-refractivity contribution in [1.82, 2.24) is 4.90 Å². The Morgan fingerprint density at radius 1 is 1.33 bits per heavy atom. The summed E-state index contributed by atoms with van der Waals surface area (Å²) in [6.07, 6.45) is 12.3. The maximum absolute atomic E-state index is 3.62. The van der Waals surface area contributed by atoms with Crippen molar-refractivity contribution in [3.63, 3.8) is 0 Å². The smallest absolute Gasteiger partial charge is 0.0363 e. The van der Waals surface area contributed by atoms with Crippen LogP contribution in [0.25, 0.3) is 0 Å². The Labute approximate surface area is 101 Å². The normalized spacial score (nSPS) is 30.0. The number of alkyl halides is 1. The van der Waals surface area contributed by atoms with Gasteiger partial charge < -0.3 is 0 Å². The van der Waals surface area contributed by atoms with E-state index in [-0.39, 0.29) is 0 Å². The van der Waals surface area contributed by atoms with Crippen LogP contribution in [0.3, 0.4) is 0 Å². The van der Waals surface area contributed by atoms with Gasteiger partial charge in [0.25, 0.3) is 0 Å². The van der Waals surface area contributed by atoms with Crippen LogP contribution in [0.4, 0.5) is 0 Å². The zero-order valence-electron chi connectivity index (χ0n) is 9.45. The number of hydrogen-bond donors (Lipinski definition) is 0. The lowest BCUT2D eigenvalue weighted by molar-refractivity contribution is 0.196. The largest absolute Gasteiger partial charge is 0.297 e. The first kappa shape index (κ1) is 11.4. The lowest BCUT2D eigenvalue weighted by atomic mass is 9.98. The van der Waals surface area contributed by atoms with Crippen molar-refractivity contribution in [2.75, 3.05) is 13.1 Å². The molecule has 1 aliphatic heterocycles. The van der Waals surface area contributed by atoms with Gasteiger partial charge in [-0.05, 0) is 44.8 Å². The molecule has 0 radical (unpaired) electrons. The molecule has 2 aliphatic rings. The predicted octanol–water partition coefficient (Wildman–Crippen LogP) is 3.51. The van der Waals surface area contributed by atoms with Crippen LogP contribution >= 0.6 is 15.9 Å². The van der Waals surface area contributed by atoms with E-state index in [2.05, 4.69) is 46.0 Å². The quantitative estimate of drug-likeness (QED) is 0.694. The Balaban J connectivity index is 1.95. The summed E-state index contributed by atoms with van der Waals surface area (Å²) >= 11 is 3.62. The summed E-state index contributed by atoms with van der Waals surface area (Å²) in [5.74, 6) is 0. The van der Waals surface area contributed by atoms with E-state index in [0.29, 0.717) is 10.9 Å². The van der Waals surface area contributed by atoms with Crippen LogP contribution in [0.15, 0.2) is 23.8 Å². The minimum Gasteiger partial charge on any atom is -0.297 e. The van der Waals surface area contributed by atoms with Gasteiger partial charge in [-0.1, -0.05) is 40.6 Å². The standard InChI is InChI=1S/C13H20BrN/c1-11(15-9-3-2-4-10-15)12-5-7-13(14)8-6-12/h5-7,11,13H,2-4,8-10H2,1H3/t11-,13?/m0/s1. The Bertz CT molecular complexity index is 264. The molecule has 0 bridgehead atoms. The number of nitrogens with zero attached hydrogens (tertiary/aromatic N) is 1. The average Bonchev–Trinajstić information content (AvgIpc) is 2.30. The minimum atomic E-state index is 0.551. The summed E-state index contributed by atoms with van der Waals surface area (Å²) in [4.78, 5) is 3.17. The second-order valence-electron chi connectivity index (χ2n) is 4.59. The minimum absolute atomic E-state index is 0.551. The molecule has 84 valence electrons. The van der Waals surface area contributed by atoms with Crippen LogP contribution in [0, 0.1) is 0 Å². The maximum atomic E-state index is 3.62. The van der Waals surface area contributed by atoms with Gasteiger partial charge in [-0.3, -0.25) is 4.90 Å². The molecule has 1 aliphatic carbocycles. The SMILES string of the molecule is C[C@@H](C1=CCC(Br)C=C1)N1CCCCC1. The Morgan fingerprint density at radius 2 is 2.07 bits per heavy atom. The van der Waals surface area contributed by atoms with Crippen LogP contribution in [-0.2, 0) is 0 Å². The molecule has 15 heavy (non-hydrogen) atoms. The van der Waals surface area contributed by atoms with Gasteiger partial charge in [-0.2, -0.15) is 0 Å². The number of halogens is 1. The summed E-state index contributed by atoms with van der Waals surface area (Å²) in [5, 5.41) is 0. The molecule has 1 fully saturated rings. The van der Waals surface area contributed by atoms with Gasteiger partial charge in [0.2, 0.25) is 0 Å². The van der Waals surface area contributed by atoms with Gasteiger partial charge in [0.1, 0.15) is 0 Å². The van der Waals surface area contributed by atoms with E-state index in [1.807, 2.05) is 0 Å². The highest BCUT2D eigenvalue weighted by Crippen LogP contribution is 2.23. The number of hydrogen-bond acceptors (Lipinski definition) is 1. The average molecular weight is 270 g/mol. The van der Waals surface area contributed by atoms with Crippen molar-refractivity contribution in [2.45, 2.75) is 43.5 Å². The van der Waals surface area contributed by atoms with Crippen LogP contribution in [0.1, 0.15) is 32.6 Å². The van der Waals surface area contributed by atoms with E-state index in [1.54, 1.807) is 0 Å². The fraction of sp³-hybridized carbons (Fsp3) is 0.692. The molecule has 0 N–H and O–H groups in total. The number of piperidine rings is 1. The summed E-state index contributed by atoms with van der Waals surface area (Å²) in [5.41, 5.74) is 1.51. The van der Waals surface area contributed by atoms with E-state index >= 15 is 0 Å². The first-order valence-corrected chi connectivity index (χ1v) is 6.95. The molecule has 2 atom stereocenters. The molecule has 2 heteroatoms. The fourth-order valence-electron chi connectivity index (χ4n) is 2.44. The predicted molar refractivity (Wildman–Crippen MR) is 69.4 cm³/mol. The summed E-state index contributed by atoms with van der Waals surface area (Å²) in [7, 11) is 0. The summed E-state index contributed by atoms with van der Waals surface area (Å²) in [6.45, 7) is 4.91. The third-order valence-corrected chi connectivity index (χ3v) is 4.18. The van der Waals surface area contributed by atoms with Crippen molar-refractivity contribution >= 4 is 15.9 Å².